The standard InChI is InChI=1S/C18H23NO2/c1-12-7-13(2)16(14(3)8-12)11-21-18-9-15(10-19)5-6-17(18)20-4/h5-9H,10-11,19H2,1-4H3. The zero-order chi connectivity index (χ0) is 15.4. The molecule has 0 aliphatic carbocycles. The molecule has 0 aliphatic heterocycles. The number of rotatable bonds is 5. The van der Waals surface area contributed by atoms with Crippen molar-refractivity contribution in [1.29, 1.82) is 0 Å². The monoisotopic (exact) mass is 285 g/mol. The van der Waals surface area contributed by atoms with Crippen LogP contribution in [0.3, 0.4) is 0 Å². The molecule has 0 aromatic heterocycles. The third-order valence-electron chi connectivity index (χ3n) is 3.68. The van der Waals surface area contributed by atoms with Crippen LogP contribution in [-0.4, -0.2) is 7.11 Å². The molecule has 0 saturated heterocycles. The van der Waals surface area contributed by atoms with Crippen molar-refractivity contribution < 1.29 is 9.47 Å². The predicted octanol–water partition coefficient (Wildman–Crippen LogP) is 3.66. The summed E-state index contributed by atoms with van der Waals surface area (Å²) < 4.78 is 11.3. The third-order valence-corrected chi connectivity index (χ3v) is 3.68. The Bertz CT molecular complexity index is 612. The number of hydrogen-bond acceptors (Lipinski definition) is 3. The van der Waals surface area contributed by atoms with Crippen molar-refractivity contribution >= 4 is 0 Å². The van der Waals surface area contributed by atoms with Crippen LogP contribution < -0.4 is 15.2 Å². The molecular formula is C18H23NO2. The Morgan fingerprint density at radius 1 is 0.952 bits per heavy atom. The lowest BCUT2D eigenvalue weighted by Crippen LogP contribution is -2.04. The molecule has 3 heteroatoms. The minimum atomic E-state index is 0.489. The summed E-state index contributed by atoms with van der Waals surface area (Å²) >= 11 is 0. The normalized spacial score (nSPS) is 10.5. The fraction of sp³-hybridized carbons (Fsp3) is 0.333. The molecule has 2 N–H and O–H groups in total. The molecule has 0 radical (unpaired) electrons. The van der Waals surface area contributed by atoms with Gasteiger partial charge in [-0.15, -0.1) is 0 Å². The number of hydrogen-bond donors (Lipinski definition) is 1. The van der Waals surface area contributed by atoms with E-state index < -0.39 is 0 Å². The highest BCUT2D eigenvalue weighted by atomic mass is 16.5. The van der Waals surface area contributed by atoms with Gasteiger partial charge in [0.2, 0.25) is 0 Å². The summed E-state index contributed by atoms with van der Waals surface area (Å²) in [6.45, 7) is 7.36. The van der Waals surface area contributed by atoms with Gasteiger partial charge in [-0.3, -0.25) is 0 Å². The maximum absolute atomic E-state index is 5.98. The lowest BCUT2D eigenvalue weighted by atomic mass is 10.0. The average molecular weight is 285 g/mol. The average Bonchev–Trinajstić information content (AvgIpc) is 2.45. The summed E-state index contributed by atoms with van der Waals surface area (Å²) in [6.07, 6.45) is 0. The number of ether oxygens (including phenoxy) is 2. The lowest BCUT2D eigenvalue weighted by Gasteiger charge is -2.15. The summed E-state index contributed by atoms with van der Waals surface area (Å²) in [5.41, 5.74) is 11.7. The highest BCUT2D eigenvalue weighted by Gasteiger charge is 2.09. The van der Waals surface area contributed by atoms with Crippen molar-refractivity contribution in [2.45, 2.75) is 33.9 Å². The van der Waals surface area contributed by atoms with E-state index in [1.807, 2.05) is 18.2 Å². The van der Waals surface area contributed by atoms with Gasteiger partial charge in [-0.1, -0.05) is 23.8 Å². The summed E-state index contributed by atoms with van der Waals surface area (Å²) in [5.74, 6) is 1.47. The van der Waals surface area contributed by atoms with Crippen LogP contribution in [0.25, 0.3) is 0 Å². The van der Waals surface area contributed by atoms with Gasteiger partial charge in [0.15, 0.2) is 11.5 Å². The van der Waals surface area contributed by atoms with Crippen LogP contribution in [0.5, 0.6) is 11.5 Å². The molecule has 2 aromatic rings. The third kappa shape index (κ3) is 3.56. The van der Waals surface area contributed by atoms with E-state index in [9.17, 15) is 0 Å². The Labute approximate surface area is 126 Å². The fourth-order valence-electron chi connectivity index (χ4n) is 2.55. The zero-order valence-corrected chi connectivity index (χ0v) is 13.2. The molecule has 0 heterocycles. The maximum Gasteiger partial charge on any atom is 0.161 e. The fourth-order valence-corrected chi connectivity index (χ4v) is 2.55. The number of methoxy groups -OCH3 is 1. The van der Waals surface area contributed by atoms with Crippen LogP contribution in [0, 0.1) is 20.8 Å². The molecule has 0 unspecified atom stereocenters. The van der Waals surface area contributed by atoms with E-state index in [-0.39, 0.29) is 0 Å². The first kappa shape index (κ1) is 15.4. The van der Waals surface area contributed by atoms with Crippen molar-refractivity contribution in [3.8, 4) is 11.5 Å². The van der Waals surface area contributed by atoms with Crippen molar-refractivity contribution in [2.24, 2.45) is 5.73 Å². The van der Waals surface area contributed by atoms with Crippen LogP contribution >= 0.6 is 0 Å². The molecule has 2 aromatic carbocycles. The van der Waals surface area contributed by atoms with Crippen LogP contribution in [0.15, 0.2) is 30.3 Å². The van der Waals surface area contributed by atoms with Crippen LogP contribution in [0.4, 0.5) is 0 Å². The van der Waals surface area contributed by atoms with E-state index in [1.54, 1.807) is 7.11 Å². The molecule has 0 spiro atoms. The quantitative estimate of drug-likeness (QED) is 0.912. The number of benzene rings is 2. The maximum atomic E-state index is 5.98. The van der Waals surface area contributed by atoms with Crippen molar-refractivity contribution in [3.63, 3.8) is 0 Å². The molecule has 0 amide bonds. The van der Waals surface area contributed by atoms with E-state index in [0.29, 0.717) is 13.2 Å². The molecule has 0 bridgehead atoms. The summed E-state index contributed by atoms with van der Waals surface area (Å²) in [6, 6.07) is 10.1. The number of aryl methyl sites for hydroxylation is 3. The largest absolute Gasteiger partial charge is 0.493 e. The minimum Gasteiger partial charge on any atom is -0.493 e. The van der Waals surface area contributed by atoms with Gasteiger partial charge in [-0.05, 0) is 55.2 Å². The molecule has 0 saturated carbocycles. The van der Waals surface area contributed by atoms with Gasteiger partial charge in [-0.25, -0.2) is 0 Å². The minimum absolute atomic E-state index is 0.489. The first-order chi connectivity index (χ1) is 10.0. The molecule has 2 rings (SSSR count). The molecule has 0 atom stereocenters. The first-order valence-electron chi connectivity index (χ1n) is 7.11. The summed E-state index contributed by atoms with van der Waals surface area (Å²) in [5, 5.41) is 0. The predicted molar refractivity (Wildman–Crippen MR) is 85.9 cm³/mol. The van der Waals surface area contributed by atoms with Gasteiger partial charge < -0.3 is 15.2 Å². The van der Waals surface area contributed by atoms with Crippen molar-refractivity contribution in [1.82, 2.24) is 0 Å². The Kier molecular flexibility index (Phi) is 4.86. The molecule has 0 fully saturated rings. The van der Waals surface area contributed by atoms with Gasteiger partial charge in [0.1, 0.15) is 6.61 Å². The first-order valence-corrected chi connectivity index (χ1v) is 7.11. The highest BCUT2D eigenvalue weighted by molar-refractivity contribution is 5.44. The second kappa shape index (κ2) is 6.64. The molecule has 3 nitrogen and oxygen atoms in total. The van der Waals surface area contributed by atoms with E-state index in [1.165, 1.54) is 22.3 Å². The van der Waals surface area contributed by atoms with Gasteiger partial charge in [0.05, 0.1) is 7.11 Å². The topological polar surface area (TPSA) is 44.5 Å². The van der Waals surface area contributed by atoms with Gasteiger partial charge >= 0.3 is 0 Å². The smallest absolute Gasteiger partial charge is 0.161 e. The van der Waals surface area contributed by atoms with E-state index >= 15 is 0 Å². The number of nitrogens with two attached hydrogens (primary N) is 1. The molecule has 0 aliphatic rings. The van der Waals surface area contributed by atoms with Crippen LogP contribution in [0.2, 0.25) is 0 Å². The molecule has 112 valence electrons. The van der Waals surface area contributed by atoms with E-state index in [0.717, 1.165) is 17.1 Å². The van der Waals surface area contributed by atoms with Crippen molar-refractivity contribution in [2.75, 3.05) is 7.11 Å². The Morgan fingerprint density at radius 2 is 1.62 bits per heavy atom. The summed E-state index contributed by atoms with van der Waals surface area (Å²) in [4.78, 5) is 0. The highest BCUT2D eigenvalue weighted by Crippen LogP contribution is 2.29. The Morgan fingerprint density at radius 3 is 2.19 bits per heavy atom. The molecular weight excluding hydrogens is 262 g/mol. The second-order valence-electron chi connectivity index (χ2n) is 5.36. The van der Waals surface area contributed by atoms with Crippen LogP contribution in [-0.2, 0) is 13.2 Å². The second-order valence-corrected chi connectivity index (χ2v) is 5.36. The van der Waals surface area contributed by atoms with Crippen LogP contribution in [0.1, 0.15) is 27.8 Å². The van der Waals surface area contributed by atoms with Gasteiger partial charge in [0, 0.05) is 6.54 Å². The Hall–Kier alpha value is -2.00. The van der Waals surface area contributed by atoms with E-state index in [2.05, 4.69) is 32.9 Å². The van der Waals surface area contributed by atoms with Crippen molar-refractivity contribution in [3.05, 3.63) is 58.1 Å². The van der Waals surface area contributed by atoms with Gasteiger partial charge in [-0.2, -0.15) is 0 Å². The zero-order valence-electron chi connectivity index (χ0n) is 13.2. The lowest BCUT2D eigenvalue weighted by molar-refractivity contribution is 0.283. The van der Waals surface area contributed by atoms with E-state index in [4.69, 9.17) is 15.2 Å². The summed E-state index contributed by atoms with van der Waals surface area (Å²) in [7, 11) is 1.65. The SMILES string of the molecule is COc1ccc(CN)cc1OCc1c(C)cc(C)cc1C. The molecule has 21 heavy (non-hydrogen) atoms. The van der Waals surface area contributed by atoms with Gasteiger partial charge in [0.25, 0.3) is 0 Å². The Balaban J connectivity index is 2.24.